The van der Waals surface area contributed by atoms with E-state index in [0.717, 1.165) is 17.7 Å². The normalized spacial score (nSPS) is 12.3. The predicted molar refractivity (Wildman–Crippen MR) is 78.4 cm³/mol. The molecule has 0 spiro atoms. The van der Waals surface area contributed by atoms with Crippen LogP contribution in [-0.4, -0.2) is 34.7 Å². The lowest BCUT2D eigenvalue weighted by atomic mass is 10.1. The molecule has 0 heterocycles. The van der Waals surface area contributed by atoms with E-state index < -0.39 is 6.10 Å². The van der Waals surface area contributed by atoms with Crippen LogP contribution in [0.2, 0.25) is 0 Å². The summed E-state index contributed by atoms with van der Waals surface area (Å²) in [6.07, 6.45) is 0.337. The molecular formula is C15H24N2O2. The molecule has 0 bridgehead atoms. The molecule has 0 aliphatic heterocycles. The van der Waals surface area contributed by atoms with Crippen LogP contribution in [0.1, 0.15) is 33.3 Å². The van der Waals surface area contributed by atoms with Crippen molar-refractivity contribution in [3.8, 4) is 0 Å². The third-order valence-corrected chi connectivity index (χ3v) is 2.98. The van der Waals surface area contributed by atoms with Crippen LogP contribution in [0.5, 0.6) is 0 Å². The van der Waals surface area contributed by atoms with Crippen LogP contribution in [0.4, 0.5) is 10.5 Å². The number of carbonyl (C=O) groups is 1. The van der Waals surface area contributed by atoms with Gasteiger partial charge in [-0.05, 0) is 38.8 Å². The first-order valence-corrected chi connectivity index (χ1v) is 6.79. The largest absolute Gasteiger partial charge is 0.392 e. The molecule has 106 valence electrons. The molecule has 4 heteroatoms. The lowest BCUT2D eigenvalue weighted by Crippen LogP contribution is -2.43. The summed E-state index contributed by atoms with van der Waals surface area (Å²) in [4.78, 5) is 13.9. The minimum Gasteiger partial charge on any atom is -0.392 e. The molecule has 0 aliphatic rings. The minimum absolute atomic E-state index is 0.0448. The molecule has 1 rings (SSSR count). The van der Waals surface area contributed by atoms with Gasteiger partial charge in [0.15, 0.2) is 0 Å². The number of aliphatic hydroxyl groups excluding tert-OH is 1. The van der Waals surface area contributed by atoms with E-state index in [-0.39, 0.29) is 12.1 Å². The zero-order chi connectivity index (χ0) is 14.4. The Morgan fingerprint density at radius 2 is 1.95 bits per heavy atom. The smallest absolute Gasteiger partial charge is 0.322 e. The monoisotopic (exact) mass is 264 g/mol. The molecule has 0 radical (unpaired) electrons. The van der Waals surface area contributed by atoms with Crippen LogP contribution in [0.3, 0.4) is 0 Å². The van der Waals surface area contributed by atoms with Crippen LogP contribution in [-0.2, 0) is 6.42 Å². The number of hydrogen-bond donors (Lipinski definition) is 2. The maximum Gasteiger partial charge on any atom is 0.322 e. The summed E-state index contributed by atoms with van der Waals surface area (Å²) in [6, 6.07) is 7.65. The minimum atomic E-state index is -0.533. The lowest BCUT2D eigenvalue weighted by Gasteiger charge is -2.28. The zero-order valence-electron chi connectivity index (χ0n) is 12.2. The number of rotatable bonds is 5. The van der Waals surface area contributed by atoms with Crippen LogP contribution >= 0.6 is 0 Å². The highest BCUT2D eigenvalue weighted by Crippen LogP contribution is 2.16. The fourth-order valence-corrected chi connectivity index (χ4v) is 1.95. The molecular weight excluding hydrogens is 240 g/mol. The number of nitrogens with zero attached hydrogens (tertiary/aromatic N) is 1. The number of benzene rings is 1. The van der Waals surface area contributed by atoms with Crippen molar-refractivity contribution < 1.29 is 9.90 Å². The first kappa shape index (κ1) is 15.5. The van der Waals surface area contributed by atoms with Gasteiger partial charge in [-0.25, -0.2) is 4.79 Å². The third kappa shape index (κ3) is 4.56. The second kappa shape index (κ2) is 7.14. The summed E-state index contributed by atoms with van der Waals surface area (Å²) >= 11 is 0. The van der Waals surface area contributed by atoms with Gasteiger partial charge in [0.1, 0.15) is 0 Å². The summed E-state index contributed by atoms with van der Waals surface area (Å²) in [7, 11) is 0. The summed E-state index contributed by atoms with van der Waals surface area (Å²) in [5.74, 6) is 0. The maximum absolute atomic E-state index is 12.3. The zero-order valence-corrected chi connectivity index (χ0v) is 12.2. The Labute approximate surface area is 115 Å². The van der Waals surface area contributed by atoms with Crippen molar-refractivity contribution in [3.05, 3.63) is 29.8 Å². The summed E-state index contributed by atoms with van der Waals surface area (Å²) in [6.45, 7) is 7.95. The number of amides is 2. The van der Waals surface area contributed by atoms with Crippen molar-refractivity contribution in [1.29, 1.82) is 0 Å². The number of carbonyl (C=O) groups excluding carboxylic acids is 1. The SMILES string of the molecule is CCc1ccccc1NC(=O)N(CC(C)O)C(C)C. The van der Waals surface area contributed by atoms with Gasteiger partial charge in [-0.3, -0.25) is 0 Å². The molecule has 4 nitrogen and oxygen atoms in total. The maximum atomic E-state index is 12.3. The van der Waals surface area contributed by atoms with Crippen molar-refractivity contribution in [1.82, 2.24) is 4.90 Å². The lowest BCUT2D eigenvalue weighted by molar-refractivity contribution is 0.125. The van der Waals surface area contributed by atoms with Gasteiger partial charge < -0.3 is 15.3 Å². The predicted octanol–water partition coefficient (Wildman–Crippen LogP) is 2.87. The number of urea groups is 1. The Morgan fingerprint density at radius 3 is 2.47 bits per heavy atom. The average molecular weight is 264 g/mol. The standard InChI is InChI=1S/C15H24N2O2/c1-5-13-8-6-7-9-14(13)16-15(19)17(11(2)3)10-12(4)18/h6-9,11-12,18H,5,10H2,1-4H3,(H,16,19). The van der Waals surface area contributed by atoms with E-state index in [4.69, 9.17) is 0 Å². The highest BCUT2D eigenvalue weighted by molar-refractivity contribution is 5.90. The Morgan fingerprint density at radius 1 is 1.32 bits per heavy atom. The number of aryl methyl sites for hydroxylation is 1. The van der Waals surface area contributed by atoms with Gasteiger partial charge in [0.25, 0.3) is 0 Å². The van der Waals surface area contributed by atoms with Crippen molar-refractivity contribution in [2.24, 2.45) is 0 Å². The van der Waals surface area contributed by atoms with Crippen LogP contribution in [0, 0.1) is 0 Å². The molecule has 2 amide bonds. The molecule has 2 N–H and O–H groups in total. The van der Waals surface area contributed by atoms with E-state index in [0.29, 0.717) is 6.54 Å². The first-order chi connectivity index (χ1) is 8.95. The Kier molecular flexibility index (Phi) is 5.83. The molecule has 1 atom stereocenters. The van der Waals surface area contributed by atoms with Crippen molar-refractivity contribution in [2.75, 3.05) is 11.9 Å². The molecule has 1 aromatic rings. The number of aliphatic hydroxyl groups is 1. The van der Waals surface area contributed by atoms with E-state index >= 15 is 0 Å². The summed E-state index contributed by atoms with van der Waals surface area (Å²) in [5, 5.41) is 12.4. The second-order valence-corrected chi connectivity index (χ2v) is 5.04. The van der Waals surface area contributed by atoms with Gasteiger partial charge in [0.05, 0.1) is 6.10 Å². The number of para-hydroxylation sites is 1. The Bertz CT molecular complexity index is 416. The third-order valence-electron chi connectivity index (χ3n) is 2.98. The van der Waals surface area contributed by atoms with Gasteiger partial charge in [-0.2, -0.15) is 0 Å². The first-order valence-electron chi connectivity index (χ1n) is 6.79. The van der Waals surface area contributed by atoms with Gasteiger partial charge >= 0.3 is 6.03 Å². The Hall–Kier alpha value is -1.55. The van der Waals surface area contributed by atoms with E-state index in [9.17, 15) is 9.90 Å². The van der Waals surface area contributed by atoms with Gasteiger partial charge in [-0.1, -0.05) is 25.1 Å². The van der Waals surface area contributed by atoms with Gasteiger partial charge in [-0.15, -0.1) is 0 Å². The second-order valence-electron chi connectivity index (χ2n) is 5.04. The molecule has 0 fully saturated rings. The van der Waals surface area contributed by atoms with Gasteiger partial charge in [0, 0.05) is 18.3 Å². The fraction of sp³-hybridized carbons (Fsp3) is 0.533. The van der Waals surface area contributed by atoms with E-state index in [2.05, 4.69) is 12.2 Å². The average Bonchev–Trinajstić information content (AvgIpc) is 2.36. The molecule has 19 heavy (non-hydrogen) atoms. The molecule has 0 aliphatic carbocycles. The molecule has 0 saturated heterocycles. The number of hydrogen-bond acceptors (Lipinski definition) is 2. The highest BCUT2D eigenvalue weighted by atomic mass is 16.3. The Balaban J connectivity index is 2.81. The quantitative estimate of drug-likeness (QED) is 0.859. The number of nitrogens with one attached hydrogen (secondary N) is 1. The van der Waals surface area contributed by atoms with E-state index in [1.807, 2.05) is 38.1 Å². The van der Waals surface area contributed by atoms with Crippen molar-refractivity contribution in [3.63, 3.8) is 0 Å². The summed E-state index contributed by atoms with van der Waals surface area (Å²) in [5.41, 5.74) is 1.95. The fourth-order valence-electron chi connectivity index (χ4n) is 1.95. The number of anilines is 1. The molecule has 1 unspecified atom stereocenters. The van der Waals surface area contributed by atoms with E-state index in [1.54, 1.807) is 11.8 Å². The van der Waals surface area contributed by atoms with E-state index in [1.165, 1.54) is 0 Å². The summed E-state index contributed by atoms with van der Waals surface area (Å²) < 4.78 is 0. The van der Waals surface area contributed by atoms with Crippen LogP contribution in [0.25, 0.3) is 0 Å². The highest BCUT2D eigenvalue weighted by Gasteiger charge is 2.19. The molecule has 1 aromatic carbocycles. The van der Waals surface area contributed by atoms with Crippen molar-refractivity contribution in [2.45, 2.75) is 46.3 Å². The van der Waals surface area contributed by atoms with Crippen LogP contribution < -0.4 is 5.32 Å². The topological polar surface area (TPSA) is 52.6 Å². The molecule has 0 saturated carbocycles. The molecule has 0 aromatic heterocycles. The van der Waals surface area contributed by atoms with Gasteiger partial charge in [0.2, 0.25) is 0 Å². The van der Waals surface area contributed by atoms with Crippen molar-refractivity contribution >= 4 is 11.7 Å². The van der Waals surface area contributed by atoms with Crippen LogP contribution in [0.15, 0.2) is 24.3 Å².